The van der Waals surface area contributed by atoms with Gasteiger partial charge in [-0.05, 0) is 33.6 Å². The third-order valence-corrected chi connectivity index (χ3v) is 3.39. The Morgan fingerprint density at radius 3 is 2.07 bits per heavy atom. The van der Waals surface area contributed by atoms with Crippen molar-refractivity contribution >= 4 is 22.1 Å². The summed E-state index contributed by atoms with van der Waals surface area (Å²) in [7, 11) is 1.03. The van der Waals surface area contributed by atoms with E-state index in [4.69, 9.17) is 4.74 Å². The number of halogens is 11. The van der Waals surface area contributed by atoms with Crippen LogP contribution in [0.1, 0.15) is 5.56 Å². The van der Waals surface area contributed by atoms with E-state index in [2.05, 4.69) is 25.8 Å². The lowest BCUT2D eigenvalue weighted by Crippen LogP contribution is -2.58. The Morgan fingerprint density at radius 1 is 1.04 bits per heavy atom. The van der Waals surface area contributed by atoms with E-state index >= 15 is 0 Å². The number of alkyl halides is 10. The Kier molecular flexibility index (Phi) is 7.07. The Morgan fingerprint density at radius 2 is 1.61 bits per heavy atom. The van der Waals surface area contributed by atoms with Crippen molar-refractivity contribution in [2.24, 2.45) is 5.10 Å². The summed E-state index contributed by atoms with van der Waals surface area (Å²) >= 11 is 2.82. The van der Waals surface area contributed by atoms with Gasteiger partial charge in [0.1, 0.15) is 0 Å². The van der Waals surface area contributed by atoms with Crippen molar-refractivity contribution < 1.29 is 53.4 Å². The molecule has 0 aromatic heterocycles. The molecular formula is C13H9BrF10N2O2. The molecule has 0 bridgehead atoms. The van der Waals surface area contributed by atoms with Gasteiger partial charge in [0.25, 0.3) is 0 Å². The van der Waals surface area contributed by atoms with Crippen molar-refractivity contribution in [3.63, 3.8) is 0 Å². The molecule has 15 heteroatoms. The molecule has 1 N–H and O–H groups in total. The zero-order valence-electron chi connectivity index (χ0n) is 13.4. The van der Waals surface area contributed by atoms with E-state index in [0.717, 1.165) is 19.2 Å². The number of benzene rings is 1. The lowest BCUT2D eigenvalue weighted by molar-refractivity contribution is -0.361. The van der Waals surface area contributed by atoms with Crippen LogP contribution in [0.5, 0.6) is 11.5 Å². The zero-order chi connectivity index (χ0) is 22.0. The number of hydrogen-bond donors (Lipinski definition) is 1. The van der Waals surface area contributed by atoms with Crippen LogP contribution in [0.15, 0.2) is 21.7 Å². The maximum atomic E-state index is 13.0. The Hall–Kier alpha value is -1.93. The average molecular weight is 495 g/mol. The lowest BCUT2D eigenvalue weighted by atomic mass is 10.2. The Balaban J connectivity index is 3.02. The first-order chi connectivity index (χ1) is 12.5. The van der Waals surface area contributed by atoms with Crippen LogP contribution in [0, 0.1) is 0 Å². The molecule has 0 heterocycles. The van der Waals surface area contributed by atoms with Crippen LogP contribution in [-0.2, 0) is 0 Å². The first kappa shape index (κ1) is 24.1. The predicted octanol–water partition coefficient (Wildman–Crippen LogP) is 5.11. The van der Waals surface area contributed by atoms with Gasteiger partial charge in [0.05, 0.1) is 17.8 Å². The summed E-state index contributed by atoms with van der Waals surface area (Å²) in [6, 6.07) is -3.88. The van der Waals surface area contributed by atoms with Crippen molar-refractivity contribution in [2.45, 2.75) is 24.3 Å². The highest BCUT2D eigenvalue weighted by atomic mass is 79.9. The van der Waals surface area contributed by atoms with Crippen LogP contribution in [0.25, 0.3) is 0 Å². The van der Waals surface area contributed by atoms with Crippen molar-refractivity contribution in [3.8, 4) is 11.5 Å². The molecular weight excluding hydrogens is 486 g/mol. The van der Waals surface area contributed by atoms with Gasteiger partial charge < -0.3 is 9.47 Å². The topological polar surface area (TPSA) is 42.8 Å². The number of rotatable bonds is 7. The van der Waals surface area contributed by atoms with Crippen LogP contribution in [-0.4, -0.2) is 44.3 Å². The minimum Gasteiger partial charge on any atom is -0.493 e. The molecule has 0 fully saturated rings. The zero-order valence-corrected chi connectivity index (χ0v) is 14.9. The second-order valence-corrected chi connectivity index (χ2v) is 5.81. The van der Waals surface area contributed by atoms with E-state index in [1.54, 1.807) is 0 Å². The molecule has 28 heavy (non-hydrogen) atoms. The van der Waals surface area contributed by atoms with Gasteiger partial charge in [-0.3, -0.25) is 0 Å². The number of methoxy groups -OCH3 is 1. The molecule has 0 aliphatic carbocycles. The smallest absolute Gasteiger partial charge is 0.462 e. The highest BCUT2D eigenvalue weighted by molar-refractivity contribution is 9.10. The monoisotopic (exact) mass is 494 g/mol. The van der Waals surface area contributed by atoms with Crippen molar-refractivity contribution in [1.82, 2.24) is 5.43 Å². The normalized spacial score (nSPS) is 13.7. The van der Waals surface area contributed by atoms with Crippen LogP contribution in [0.2, 0.25) is 0 Å². The number of nitrogens with zero attached hydrogens (tertiary/aromatic N) is 1. The molecule has 0 amide bonds. The van der Waals surface area contributed by atoms with Crippen LogP contribution in [0.3, 0.4) is 0 Å². The van der Waals surface area contributed by atoms with E-state index in [9.17, 15) is 43.9 Å². The molecule has 1 rings (SSSR count). The van der Waals surface area contributed by atoms with Gasteiger partial charge in [-0.1, -0.05) is 0 Å². The summed E-state index contributed by atoms with van der Waals surface area (Å²) in [5.41, 5.74) is 0.194. The lowest BCUT2D eigenvalue weighted by Gasteiger charge is -2.27. The summed E-state index contributed by atoms with van der Waals surface area (Å²) in [5, 5.41) is 2.62. The second-order valence-electron chi connectivity index (χ2n) is 4.95. The standard InChI is InChI=1S/C13H9BrF10N2O2/c1-27-8-3-6(2-7(14)9(8)28-5-10(15,16)17)4-25-26-13(23,24)11(18,19)12(20,21)22/h2-4,26H,5H2,1H3/b25-4+. The van der Waals surface area contributed by atoms with Crippen LogP contribution >= 0.6 is 15.9 Å². The summed E-state index contributed by atoms with van der Waals surface area (Å²) in [6.45, 7) is -1.68. The number of hydrogen-bond acceptors (Lipinski definition) is 4. The Bertz CT molecular complexity index is 718. The van der Waals surface area contributed by atoms with Gasteiger partial charge in [-0.25, -0.2) is 5.43 Å². The van der Waals surface area contributed by atoms with E-state index in [1.807, 2.05) is 0 Å². The van der Waals surface area contributed by atoms with Crippen molar-refractivity contribution in [3.05, 3.63) is 22.2 Å². The maximum Gasteiger partial charge on any atom is 0.462 e. The molecule has 0 saturated carbocycles. The molecule has 0 atom stereocenters. The summed E-state index contributed by atoms with van der Waals surface area (Å²) in [6.07, 6.45) is -10.8. The summed E-state index contributed by atoms with van der Waals surface area (Å²) in [5.74, 6) is -7.16. The van der Waals surface area contributed by atoms with E-state index in [0.29, 0.717) is 11.6 Å². The first-order valence-electron chi connectivity index (χ1n) is 6.71. The van der Waals surface area contributed by atoms with E-state index in [-0.39, 0.29) is 15.8 Å². The number of ether oxygens (including phenoxy) is 2. The molecule has 0 saturated heterocycles. The summed E-state index contributed by atoms with van der Waals surface area (Å²) < 4.78 is 133. The fourth-order valence-corrected chi connectivity index (χ4v) is 2.12. The van der Waals surface area contributed by atoms with Crippen LogP contribution in [0.4, 0.5) is 43.9 Å². The largest absolute Gasteiger partial charge is 0.493 e. The van der Waals surface area contributed by atoms with Gasteiger partial charge in [0.15, 0.2) is 18.1 Å². The molecule has 0 spiro atoms. The molecule has 160 valence electrons. The van der Waals surface area contributed by atoms with Gasteiger partial charge >= 0.3 is 24.3 Å². The molecule has 4 nitrogen and oxygen atoms in total. The molecule has 1 aromatic carbocycles. The fourth-order valence-electron chi connectivity index (χ4n) is 1.54. The number of hydrazone groups is 1. The van der Waals surface area contributed by atoms with Gasteiger partial charge in [-0.15, -0.1) is 0 Å². The summed E-state index contributed by atoms with van der Waals surface area (Å²) in [4.78, 5) is 0. The predicted molar refractivity (Wildman–Crippen MR) is 78.9 cm³/mol. The van der Waals surface area contributed by atoms with Gasteiger partial charge in [0.2, 0.25) is 0 Å². The molecule has 1 aromatic rings. The van der Waals surface area contributed by atoms with Gasteiger partial charge in [-0.2, -0.15) is 49.0 Å². The SMILES string of the molecule is COc1cc(/C=N/NC(F)(F)C(F)(F)C(F)(F)F)cc(Br)c1OCC(F)(F)F. The Labute approximate surface area is 158 Å². The quantitative estimate of drug-likeness (QED) is 0.248. The van der Waals surface area contributed by atoms with Crippen molar-refractivity contribution in [2.75, 3.05) is 13.7 Å². The second kappa shape index (κ2) is 8.21. The third kappa shape index (κ3) is 5.78. The molecule has 0 radical (unpaired) electrons. The van der Waals surface area contributed by atoms with E-state index < -0.39 is 36.7 Å². The minimum absolute atomic E-state index is 0.162. The first-order valence-corrected chi connectivity index (χ1v) is 7.51. The molecule has 0 aliphatic heterocycles. The third-order valence-electron chi connectivity index (χ3n) is 2.80. The highest BCUT2D eigenvalue weighted by Gasteiger charge is 2.73. The highest BCUT2D eigenvalue weighted by Crippen LogP contribution is 2.45. The number of nitrogens with one attached hydrogen (secondary N) is 1. The van der Waals surface area contributed by atoms with Gasteiger partial charge in [0, 0.05) is 0 Å². The fraction of sp³-hybridized carbons (Fsp3) is 0.462. The average Bonchev–Trinajstić information content (AvgIpc) is 2.50. The molecule has 0 unspecified atom stereocenters. The van der Waals surface area contributed by atoms with Crippen LogP contribution < -0.4 is 14.9 Å². The van der Waals surface area contributed by atoms with E-state index in [1.165, 1.54) is 0 Å². The van der Waals surface area contributed by atoms with Crippen molar-refractivity contribution in [1.29, 1.82) is 0 Å². The maximum absolute atomic E-state index is 13.0. The minimum atomic E-state index is -6.54. The molecule has 0 aliphatic rings.